The molecule has 2 heterocycles. The molecular weight excluding hydrogens is 378 g/mol. The fraction of sp³-hybridized carbons (Fsp3) is 0.400. The van der Waals surface area contributed by atoms with Crippen molar-refractivity contribution in [2.45, 2.75) is 41.9 Å². The molecule has 2 bridgehead atoms. The summed E-state index contributed by atoms with van der Waals surface area (Å²) in [5.74, 6) is 1.17. The Hall–Kier alpha value is -2.63. The van der Waals surface area contributed by atoms with E-state index in [0.29, 0.717) is 30.8 Å². The lowest BCUT2D eigenvalue weighted by atomic mass is 9.46. The lowest BCUT2D eigenvalue weighted by molar-refractivity contribution is -0.176. The van der Waals surface area contributed by atoms with Crippen LogP contribution in [0.5, 0.6) is 11.5 Å². The minimum Gasteiger partial charge on any atom is -0.493 e. The van der Waals surface area contributed by atoms with Crippen LogP contribution in [-0.2, 0) is 23.1 Å². The van der Waals surface area contributed by atoms with Crippen LogP contribution in [0.25, 0.3) is 0 Å². The minimum atomic E-state index is -1.19. The molecule has 1 fully saturated rings. The van der Waals surface area contributed by atoms with E-state index in [1.165, 1.54) is 0 Å². The predicted molar refractivity (Wildman–Crippen MR) is 112 cm³/mol. The number of likely N-dealkylation sites (tertiary alicyclic amines) is 1. The summed E-state index contributed by atoms with van der Waals surface area (Å²) >= 11 is 0. The summed E-state index contributed by atoms with van der Waals surface area (Å²) in [6.07, 6.45) is 5.07. The molecule has 0 unspecified atom stereocenters. The fourth-order valence-corrected chi connectivity index (χ4v) is 6.67. The molecule has 0 aromatic heterocycles. The first-order chi connectivity index (χ1) is 14.5. The second kappa shape index (κ2) is 5.74. The van der Waals surface area contributed by atoms with Gasteiger partial charge in [-0.05, 0) is 55.8 Å². The topological polar surface area (TPSA) is 59.0 Å². The average molecular weight is 403 g/mol. The molecule has 154 valence electrons. The number of likely N-dealkylation sites (N-methyl/N-ethyl adjacent to an activating group) is 1. The van der Waals surface area contributed by atoms with E-state index < -0.39 is 16.6 Å². The maximum absolute atomic E-state index is 13.7. The first kappa shape index (κ1) is 18.2. The van der Waals surface area contributed by atoms with Gasteiger partial charge < -0.3 is 14.6 Å². The van der Waals surface area contributed by atoms with Crippen LogP contribution in [0, 0.1) is 0 Å². The van der Waals surface area contributed by atoms with Gasteiger partial charge in [0.1, 0.15) is 5.60 Å². The zero-order valence-electron chi connectivity index (χ0n) is 17.2. The Balaban J connectivity index is 1.69. The Morgan fingerprint density at radius 1 is 1.23 bits per heavy atom. The number of ketones is 1. The number of nitrogens with zero attached hydrogens (tertiary/aromatic N) is 1. The van der Waals surface area contributed by atoms with Crippen LogP contribution >= 0.6 is 0 Å². The molecule has 0 saturated carbocycles. The van der Waals surface area contributed by atoms with Gasteiger partial charge in [-0.2, -0.15) is 0 Å². The second-order valence-electron chi connectivity index (χ2n) is 9.10. The Kier molecular flexibility index (Phi) is 3.48. The Morgan fingerprint density at radius 3 is 2.80 bits per heavy atom. The second-order valence-corrected chi connectivity index (χ2v) is 9.10. The summed E-state index contributed by atoms with van der Waals surface area (Å²) in [5, 5.41) is 12.3. The van der Waals surface area contributed by atoms with Crippen LogP contribution in [0.15, 0.2) is 54.6 Å². The van der Waals surface area contributed by atoms with E-state index in [1.807, 2.05) is 36.4 Å². The summed E-state index contributed by atoms with van der Waals surface area (Å²) in [4.78, 5) is 15.9. The Morgan fingerprint density at radius 2 is 2.03 bits per heavy atom. The highest BCUT2D eigenvalue weighted by Crippen LogP contribution is 2.67. The standard InChI is InChI=1S/C25H25NO4/c1-26-13-12-23-21-17-8-9-18(29-2)22(21)30-25(23,15-16-6-4-3-5-7-16)20(27)10-11-24(23,28)19(26)14-17/h3-11,19,28H,12-15H2,1-2H3/t19-,23-,24-,25+/m1/s1. The molecule has 2 aromatic rings. The molecule has 4 atom stereocenters. The van der Waals surface area contributed by atoms with Gasteiger partial charge >= 0.3 is 0 Å². The van der Waals surface area contributed by atoms with Crippen molar-refractivity contribution in [1.82, 2.24) is 4.90 Å². The highest BCUT2D eigenvalue weighted by molar-refractivity contribution is 6.03. The number of methoxy groups -OCH3 is 1. The van der Waals surface area contributed by atoms with Crippen LogP contribution in [0.1, 0.15) is 23.1 Å². The van der Waals surface area contributed by atoms with Crippen LogP contribution in [0.3, 0.4) is 0 Å². The number of ether oxygens (including phenoxy) is 2. The van der Waals surface area contributed by atoms with E-state index in [0.717, 1.165) is 23.2 Å². The lowest BCUT2D eigenvalue weighted by Gasteiger charge is -2.63. The average Bonchev–Trinajstić information content (AvgIpc) is 3.05. The van der Waals surface area contributed by atoms with E-state index in [4.69, 9.17) is 9.47 Å². The van der Waals surface area contributed by atoms with E-state index in [2.05, 4.69) is 18.0 Å². The SMILES string of the molecule is COc1ccc2c3c1O[C@@]1(Cc4ccccc4)C(=O)C=C[C@@]4(O)[C@@H](C2)N(C)CC[C@]314. The minimum absolute atomic E-state index is 0.0783. The van der Waals surface area contributed by atoms with Gasteiger partial charge in [-0.3, -0.25) is 9.69 Å². The lowest BCUT2D eigenvalue weighted by Crippen LogP contribution is -2.79. The number of aliphatic hydroxyl groups is 1. The van der Waals surface area contributed by atoms with Crippen molar-refractivity contribution in [2.75, 3.05) is 20.7 Å². The molecule has 6 rings (SSSR count). The molecule has 2 aromatic carbocycles. The summed E-state index contributed by atoms with van der Waals surface area (Å²) in [6.45, 7) is 0.796. The Labute approximate surface area is 175 Å². The molecule has 2 aliphatic carbocycles. The maximum atomic E-state index is 13.7. The van der Waals surface area contributed by atoms with Crippen LogP contribution in [0.4, 0.5) is 0 Å². The molecule has 30 heavy (non-hydrogen) atoms. The third-order valence-electron chi connectivity index (χ3n) is 7.98. The van der Waals surface area contributed by atoms with Gasteiger partial charge in [-0.25, -0.2) is 0 Å². The summed E-state index contributed by atoms with van der Waals surface area (Å²) in [6, 6.07) is 13.9. The van der Waals surface area contributed by atoms with Gasteiger partial charge in [-0.15, -0.1) is 0 Å². The van der Waals surface area contributed by atoms with E-state index >= 15 is 0 Å². The smallest absolute Gasteiger partial charge is 0.200 e. The Bertz CT molecular complexity index is 1100. The number of hydrogen-bond donors (Lipinski definition) is 1. The molecule has 0 amide bonds. The molecular formula is C25H25NO4. The molecule has 5 heteroatoms. The van der Waals surface area contributed by atoms with Crippen molar-refractivity contribution in [3.8, 4) is 11.5 Å². The van der Waals surface area contributed by atoms with Gasteiger partial charge in [0.25, 0.3) is 0 Å². The van der Waals surface area contributed by atoms with Gasteiger partial charge in [0.15, 0.2) is 22.9 Å². The monoisotopic (exact) mass is 403 g/mol. The quantitative estimate of drug-likeness (QED) is 0.853. The molecule has 0 radical (unpaired) electrons. The molecule has 4 aliphatic rings. The number of carbonyl (C=O) groups is 1. The normalized spacial score (nSPS) is 35.7. The van der Waals surface area contributed by atoms with E-state index in [9.17, 15) is 9.90 Å². The molecule has 1 N–H and O–H groups in total. The van der Waals surface area contributed by atoms with Crippen LogP contribution < -0.4 is 9.47 Å². The summed E-state index contributed by atoms with van der Waals surface area (Å²) < 4.78 is 12.3. The zero-order chi connectivity index (χ0) is 20.7. The summed E-state index contributed by atoms with van der Waals surface area (Å²) in [5.41, 5.74) is -0.0766. The van der Waals surface area contributed by atoms with Gasteiger partial charge in [0.05, 0.1) is 12.5 Å². The highest BCUT2D eigenvalue weighted by atomic mass is 16.5. The van der Waals surface area contributed by atoms with Crippen molar-refractivity contribution in [1.29, 1.82) is 0 Å². The van der Waals surface area contributed by atoms with Crippen molar-refractivity contribution in [3.63, 3.8) is 0 Å². The summed E-state index contributed by atoms with van der Waals surface area (Å²) in [7, 11) is 3.68. The molecule has 1 spiro atoms. The van der Waals surface area contributed by atoms with Crippen molar-refractivity contribution in [3.05, 3.63) is 71.3 Å². The molecule has 2 aliphatic heterocycles. The van der Waals surface area contributed by atoms with Crippen molar-refractivity contribution in [2.24, 2.45) is 0 Å². The fourth-order valence-electron chi connectivity index (χ4n) is 6.67. The van der Waals surface area contributed by atoms with Crippen LogP contribution in [-0.4, -0.2) is 53.7 Å². The van der Waals surface area contributed by atoms with E-state index in [1.54, 1.807) is 19.3 Å². The first-order valence-corrected chi connectivity index (χ1v) is 10.6. The third-order valence-corrected chi connectivity index (χ3v) is 7.98. The number of piperidine rings is 1. The highest BCUT2D eigenvalue weighted by Gasteiger charge is 2.78. The first-order valence-electron chi connectivity index (χ1n) is 10.6. The molecule has 1 saturated heterocycles. The third kappa shape index (κ3) is 1.84. The van der Waals surface area contributed by atoms with Gasteiger partial charge in [0, 0.05) is 18.0 Å². The zero-order valence-corrected chi connectivity index (χ0v) is 17.2. The number of rotatable bonds is 3. The van der Waals surface area contributed by atoms with Gasteiger partial charge in [-0.1, -0.05) is 36.4 Å². The van der Waals surface area contributed by atoms with Crippen LogP contribution in [0.2, 0.25) is 0 Å². The number of carbonyl (C=O) groups excluding carboxylic acids is 1. The van der Waals surface area contributed by atoms with Crippen molar-refractivity contribution >= 4 is 5.78 Å². The number of benzene rings is 2. The largest absolute Gasteiger partial charge is 0.493 e. The predicted octanol–water partition coefficient (Wildman–Crippen LogP) is 2.44. The van der Waals surface area contributed by atoms with Gasteiger partial charge in [0.2, 0.25) is 0 Å². The molecule has 5 nitrogen and oxygen atoms in total. The van der Waals surface area contributed by atoms with Crippen molar-refractivity contribution < 1.29 is 19.4 Å². The maximum Gasteiger partial charge on any atom is 0.200 e. The van der Waals surface area contributed by atoms with E-state index in [-0.39, 0.29) is 11.8 Å². The number of hydrogen-bond acceptors (Lipinski definition) is 5.